The maximum Gasteiger partial charge on any atom is 0.251 e. The van der Waals surface area contributed by atoms with E-state index in [1.54, 1.807) is 0 Å². The Balaban J connectivity index is 1.91. The second kappa shape index (κ2) is 7.67. The molecule has 2 aliphatic heterocycles. The van der Waals surface area contributed by atoms with Crippen molar-refractivity contribution in [1.82, 2.24) is 14.9 Å². The lowest BCUT2D eigenvalue weighted by atomic mass is 10.2. The first-order valence-electron chi connectivity index (χ1n) is 15.2. The molecule has 2 aromatic rings. The van der Waals surface area contributed by atoms with Crippen LogP contribution in [0, 0.1) is 0 Å². The number of carbonyl (C=O) groups is 1. The molecule has 1 amide bonds. The molecule has 0 spiro atoms. The van der Waals surface area contributed by atoms with Crippen molar-refractivity contribution in [3.8, 4) is 11.5 Å². The number of nitrogens with two attached hydrogens (primary N) is 1. The number of amides is 1. The molecule has 2 saturated heterocycles. The minimum Gasteiger partial charge on any atom is -0.493 e. The summed E-state index contributed by atoms with van der Waals surface area (Å²) < 4.78 is 127. The van der Waals surface area contributed by atoms with E-state index in [9.17, 15) is 4.79 Å². The monoisotopic (exact) mass is 401 g/mol. The maximum absolute atomic E-state index is 13.2. The lowest BCUT2D eigenvalue weighted by molar-refractivity contribution is -0.141. The normalized spacial score (nSPS) is 35.4. The predicted octanol–water partition coefficient (Wildman–Crippen LogP) is 1.06. The Morgan fingerprint density at radius 2 is 2.00 bits per heavy atom. The summed E-state index contributed by atoms with van der Waals surface area (Å²) in [6.45, 7) is -14.0. The van der Waals surface area contributed by atoms with Gasteiger partial charge in [-0.1, -0.05) is 0 Å². The lowest BCUT2D eigenvalue weighted by Crippen LogP contribution is -2.51. The summed E-state index contributed by atoms with van der Waals surface area (Å²) in [5.41, 5.74) is 5.66. The summed E-state index contributed by atoms with van der Waals surface area (Å²) >= 11 is 0. The molecule has 9 heteroatoms. The van der Waals surface area contributed by atoms with Gasteiger partial charge in [0.1, 0.15) is 11.9 Å². The molecule has 2 fully saturated rings. The molecule has 1 aromatic carbocycles. The first-order valence-corrected chi connectivity index (χ1v) is 8.17. The van der Waals surface area contributed by atoms with Crippen LogP contribution in [0.25, 0.3) is 10.9 Å². The number of benzene rings is 1. The van der Waals surface area contributed by atoms with E-state index in [4.69, 9.17) is 39.1 Å². The Bertz CT molecular complexity index is 1370. The highest BCUT2D eigenvalue weighted by Gasteiger charge is 2.31. The van der Waals surface area contributed by atoms with Gasteiger partial charge in [0.05, 0.1) is 38.8 Å². The molecule has 28 heavy (non-hydrogen) atoms. The fraction of sp³-hybridized carbons (Fsp3) is 0.526. The third-order valence-corrected chi connectivity index (χ3v) is 4.17. The number of anilines is 2. The highest BCUT2D eigenvalue weighted by molar-refractivity contribution is 5.91. The van der Waals surface area contributed by atoms with E-state index in [0.29, 0.717) is 6.42 Å². The molecule has 0 radical (unpaired) electrons. The Morgan fingerprint density at radius 1 is 1.25 bits per heavy atom. The van der Waals surface area contributed by atoms with Crippen molar-refractivity contribution in [3.05, 3.63) is 12.1 Å². The molecule has 150 valence electrons. The van der Waals surface area contributed by atoms with Gasteiger partial charge in [0.15, 0.2) is 11.5 Å². The quantitative estimate of drug-likeness (QED) is 0.811. The number of hydrogen-bond donors (Lipinski definition) is 1. The van der Waals surface area contributed by atoms with E-state index in [1.807, 2.05) is 0 Å². The highest BCUT2D eigenvalue weighted by atomic mass is 16.5. The number of rotatable bonds is 4. The molecule has 3 heterocycles. The van der Waals surface area contributed by atoms with E-state index in [-0.39, 0.29) is 33.7 Å². The number of nitrogens with zero attached hydrogens (tertiary/aromatic N) is 4. The van der Waals surface area contributed by atoms with Gasteiger partial charge in [-0.3, -0.25) is 4.79 Å². The summed E-state index contributed by atoms with van der Waals surface area (Å²) in [6.07, 6.45) is -0.821. The Hall–Kier alpha value is -2.81. The number of fused-ring (bicyclic) bond motifs is 1. The van der Waals surface area contributed by atoms with Gasteiger partial charge in [0.25, 0.3) is 5.91 Å². The molecule has 0 aliphatic carbocycles. The largest absolute Gasteiger partial charge is 0.493 e. The number of piperazine rings is 1. The van der Waals surface area contributed by atoms with Crippen LogP contribution in [0.5, 0.6) is 11.5 Å². The maximum atomic E-state index is 13.2. The smallest absolute Gasteiger partial charge is 0.251 e. The van der Waals surface area contributed by atoms with Crippen molar-refractivity contribution in [2.24, 2.45) is 0 Å². The molecular weight excluding hydrogens is 362 g/mol. The standard InChI is InChI=1S/C19H25N5O4/c1-26-15-10-12-13(11-16(15)27-2)21-19(22-17(12)20)24-7-5-23(6-8-24)18(25)14-4-3-9-28-14/h10-11,14H,3-9H2,1-2H3,(H2,20,21,22)/i1D3,2D3,5D2,6D2,7D2,8D2. The van der Waals surface area contributed by atoms with Crippen LogP contribution in [0.4, 0.5) is 11.8 Å². The van der Waals surface area contributed by atoms with Gasteiger partial charge < -0.3 is 29.7 Å². The summed E-state index contributed by atoms with van der Waals surface area (Å²) in [4.78, 5) is 20.8. The molecule has 9 nitrogen and oxygen atoms in total. The van der Waals surface area contributed by atoms with Crippen LogP contribution in [0.2, 0.25) is 0 Å². The van der Waals surface area contributed by atoms with Gasteiger partial charge in [-0.25, -0.2) is 4.98 Å². The fourth-order valence-electron chi connectivity index (χ4n) is 2.79. The second-order valence-corrected chi connectivity index (χ2v) is 5.89. The van der Waals surface area contributed by atoms with Crippen molar-refractivity contribution in [2.75, 3.05) is 57.3 Å². The van der Waals surface area contributed by atoms with Crippen molar-refractivity contribution >= 4 is 28.6 Å². The van der Waals surface area contributed by atoms with Crippen LogP contribution in [0.3, 0.4) is 0 Å². The van der Waals surface area contributed by atoms with E-state index in [1.165, 1.54) is 0 Å². The number of methoxy groups -OCH3 is 2. The number of hydrogen-bond acceptors (Lipinski definition) is 8. The average molecular weight is 402 g/mol. The van der Waals surface area contributed by atoms with Crippen molar-refractivity contribution in [1.29, 1.82) is 0 Å². The van der Waals surface area contributed by atoms with E-state index < -0.39 is 75.3 Å². The highest BCUT2D eigenvalue weighted by Crippen LogP contribution is 2.34. The second-order valence-electron chi connectivity index (χ2n) is 5.89. The van der Waals surface area contributed by atoms with Crippen LogP contribution in [-0.2, 0) is 9.53 Å². The third kappa shape index (κ3) is 3.37. The van der Waals surface area contributed by atoms with Crippen LogP contribution in [0.1, 0.15) is 32.0 Å². The topological polar surface area (TPSA) is 103 Å². The van der Waals surface area contributed by atoms with Crippen LogP contribution in [0.15, 0.2) is 12.1 Å². The zero-order valence-electron chi connectivity index (χ0n) is 28.4. The number of ether oxygens (including phenoxy) is 3. The summed E-state index contributed by atoms with van der Waals surface area (Å²) in [5, 5.41) is -0.171. The first-order chi connectivity index (χ1) is 18.9. The Kier molecular flexibility index (Phi) is 2.27. The predicted molar refractivity (Wildman–Crippen MR) is 105 cm³/mol. The minimum absolute atomic E-state index is 0.0355. The molecular formula is C19H25N5O4. The third-order valence-electron chi connectivity index (χ3n) is 4.17. The number of nitrogen functional groups attached to an aromatic ring is 1. The molecule has 0 saturated carbocycles. The van der Waals surface area contributed by atoms with Gasteiger partial charge in [-0.15, -0.1) is 0 Å². The van der Waals surface area contributed by atoms with Crippen molar-refractivity contribution < 1.29 is 38.2 Å². The number of carbonyl (C=O) groups excluding carboxylic acids is 1. The molecule has 2 N–H and O–H groups in total. The van der Waals surface area contributed by atoms with E-state index in [2.05, 4.69) is 9.97 Å². The SMILES string of the molecule is [2H]C([2H])([2H])Oc1cc2nc(N3C([2H])([2H])C([2H])([2H])N(C(=O)C4CCCO4)C([2H])([2H])C3([2H])[2H])nc(N)c2cc1OC([2H])([2H])[2H]. The molecule has 1 atom stereocenters. The lowest BCUT2D eigenvalue weighted by Gasteiger charge is -2.35. The average Bonchev–Trinajstić information content (AvgIpc) is 3.31. The summed E-state index contributed by atoms with van der Waals surface area (Å²) in [5.74, 6) is -4.07. The van der Waals surface area contributed by atoms with Crippen LogP contribution in [-0.4, -0.2) is 73.5 Å². The molecule has 2 aliphatic rings. The van der Waals surface area contributed by atoms with Gasteiger partial charge in [-0.2, -0.15) is 4.98 Å². The van der Waals surface area contributed by atoms with Gasteiger partial charge in [0.2, 0.25) is 5.95 Å². The van der Waals surface area contributed by atoms with Crippen LogP contribution >= 0.6 is 0 Å². The zero-order valence-corrected chi connectivity index (χ0v) is 14.4. The number of aromatic nitrogens is 2. The Labute approximate surface area is 183 Å². The summed E-state index contributed by atoms with van der Waals surface area (Å²) in [6, 6.07) is 1.79. The van der Waals surface area contributed by atoms with Crippen molar-refractivity contribution in [2.45, 2.75) is 18.9 Å². The molecule has 0 bridgehead atoms. The Morgan fingerprint density at radius 3 is 2.68 bits per heavy atom. The van der Waals surface area contributed by atoms with Gasteiger partial charge >= 0.3 is 0 Å². The fourth-order valence-corrected chi connectivity index (χ4v) is 2.79. The van der Waals surface area contributed by atoms with E-state index in [0.717, 1.165) is 12.1 Å². The van der Waals surface area contributed by atoms with Crippen molar-refractivity contribution in [3.63, 3.8) is 0 Å². The first kappa shape index (κ1) is 8.28. The zero-order chi connectivity index (χ0) is 31.8. The molecule has 1 aromatic heterocycles. The van der Waals surface area contributed by atoms with E-state index >= 15 is 0 Å². The van der Waals surface area contributed by atoms with Gasteiger partial charge in [-0.05, 0) is 18.9 Å². The molecule has 1 unspecified atom stereocenters. The summed E-state index contributed by atoms with van der Waals surface area (Å²) in [7, 11) is -6.16. The minimum atomic E-state index is -3.54. The van der Waals surface area contributed by atoms with Gasteiger partial charge in [0, 0.05) is 44.0 Å². The molecule has 4 rings (SSSR count). The van der Waals surface area contributed by atoms with Crippen LogP contribution < -0.4 is 20.1 Å².